The Bertz CT molecular complexity index is 3560. The molecule has 11 rings (SSSR count). The molecule has 0 unspecified atom stereocenters. The highest BCUT2D eigenvalue weighted by Gasteiger charge is 2.27. The van der Waals surface area contributed by atoms with Gasteiger partial charge in [0.1, 0.15) is 47.1 Å². The molecule has 2 nitrogen and oxygen atoms in total. The van der Waals surface area contributed by atoms with E-state index in [1.165, 1.54) is 132 Å². The number of rotatable bonds is 6. The van der Waals surface area contributed by atoms with Gasteiger partial charge in [-0.25, -0.2) is 0 Å². The van der Waals surface area contributed by atoms with Crippen molar-refractivity contribution < 1.29 is 0 Å². The van der Waals surface area contributed by atoms with Crippen molar-refractivity contribution >= 4 is 123 Å². The quantitative estimate of drug-likeness (QED) is 0.225. The highest BCUT2D eigenvalue weighted by molar-refractivity contribution is 6.65. The summed E-state index contributed by atoms with van der Waals surface area (Å²) >= 11 is 0. The van der Waals surface area contributed by atoms with Crippen LogP contribution in [0.15, 0.2) is 182 Å². The predicted molar refractivity (Wildman–Crippen MR) is 286 cm³/mol. The molecule has 9 aromatic carbocycles. The molecule has 0 spiro atoms. The minimum Gasteiger partial charge on any atom is -0.310 e. The van der Waals surface area contributed by atoms with Crippen LogP contribution in [0, 0.1) is 0 Å². The van der Waals surface area contributed by atoms with Crippen LogP contribution in [0.5, 0.6) is 0 Å². The topological polar surface area (TPSA) is 9.86 Å². The first kappa shape index (κ1) is 37.9. The van der Waals surface area contributed by atoms with E-state index in [0.717, 1.165) is 0 Å². The maximum atomic E-state index is 2.51. The molecule has 8 heteroatoms. The maximum absolute atomic E-state index is 2.51. The predicted octanol–water partition coefficient (Wildman–Crippen LogP) is 4.10. The van der Waals surface area contributed by atoms with Gasteiger partial charge in [0.2, 0.25) is 0 Å². The first-order chi connectivity index (χ1) is 30.3. The van der Waals surface area contributed by atoms with E-state index >= 15 is 0 Å². The van der Waals surface area contributed by atoms with Gasteiger partial charge >= 0.3 is 0 Å². The summed E-state index contributed by atoms with van der Waals surface area (Å²) in [5, 5.41) is 5.22. The van der Waals surface area contributed by atoms with E-state index in [1.807, 2.05) is 0 Å². The third-order valence-corrected chi connectivity index (χ3v) is 13.7. The number of hydrogen-bond acceptors (Lipinski definition) is 0. The molecule has 0 aliphatic rings. The number of nitrogens with zero attached hydrogens (tertiary/aromatic N) is 2. The van der Waals surface area contributed by atoms with E-state index in [9.17, 15) is 0 Å². The molecule has 0 aliphatic carbocycles. The average Bonchev–Trinajstić information content (AvgIpc) is 3.87. The van der Waals surface area contributed by atoms with Crippen molar-refractivity contribution in [3.8, 4) is 55.9 Å². The smallest absolute Gasteiger partial charge is 0.141 e. The summed E-state index contributed by atoms with van der Waals surface area (Å²) in [4.78, 5) is 0. The van der Waals surface area contributed by atoms with E-state index < -0.39 is 0 Å². The second-order valence-corrected chi connectivity index (χ2v) is 17.0. The fraction of sp³-hybridized carbons (Fsp3) is 0. The fourth-order valence-electron chi connectivity index (χ4n) is 10.6. The molecular formula is C54H42B6N2. The van der Waals surface area contributed by atoms with Gasteiger partial charge in [-0.1, -0.05) is 172 Å². The third-order valence-electron chi connectivity index (χ3n) is 13.7. The van der Waals surface area contributed by atoms with Gasteiger partial charge in [0.25, 0.3) is 0 Å². The van der Waals surface area contributed by atoms with Gasteiger partial charge < -0.3 is 9.13 Å². The Morgan fingerprint density at radius 2 is 0.742 bits per heavy atom. The van der Waals surface area contributed by atoms with Crippen LogP contribution in [0.25, 0.3) is 99.5 Å². The standard InChI is InChI=1S/C54H42B6N2/c55-47-43-39-22-10-11-24-40(39)61(37-28-26-33(27-29-37)31-14-4-1-5-15-31)53(43)51(59)49(57)44(47)45-48(56)46-42-38(35-19-12-18-34(30-35)32-16-6-2-7-17-32)23-13-25-41(42)62(36-20-8-3-9-21-36)54(46)52(60)50(45)58/h1-30H,55-60H2. The largest absolute Gasteiger partial charge is 0.310 e. The summed E-state index contributed by atoms with van der Waals surface area (Å²) < 4.78 is 5.01. The van der Waals surface area contributed by atoms with Crippen molar-refractivity contribution in [2.75, 3.05) is 0 Å². The average molecular weight is 784 g/mol. The van der Waals surface area contributed by atoms with Crippen LogP contribution < -0.4 is 32.8 Å². The zero-order valence-corrected chi connectivity index (χ0v) is 36.2. The van der Waals surface area contributed by atoms with Crippen molar-refractivity contribution in [3.05, 3.63) is 182 Å². The molecule has 11 aromatic rings. The first-order valence-corrected chi connectivity index (χ1v) is 21.8. The monoisotopic (exact) mass is 784 g/mol. The third kappa shape index (κ3) is 5.73. The maximum Gasteiger partial charge on any atom is 0.141 e. The number of aromatic nitrogens is 2. The van der Waals surface area contributed by atoms with Crippen molar-refractivity contribution in [2.24, 2.45) is 0 Å². The summed E-state index contributed by atoms with van der Waals surface area (Å²) in [5.74, 6) is 0. The molecule has 0 saturated carbocycles. The van der Waals surface area contributed by atoms with E-state index in [4.69, 9.17) is 0 Å². The van der Waals surface area contributed by atoms with Gasteiger partial charge in [-0.15, -0.1) is 0 Å². The van der Waals surface area contributed by atoms with Crippen molar-refractivity contribution in [1.82, 2.24) is 9.13 Å². The summed E-state index contributed by atoms with van der Waals surface area (Å²) in [6.07, 6.45) is 0. The fourth-order valence-corrected chi connectivity index (χ4v) is 10.6. The van der Waals surface area contributed by atoms with Crippen LogP contribution >= 0.6 is 0 Å². The molecule has 0 bridgehead atoms. The van der Waals surface area contributed by atoms with Gasteiger partial charge in [-0.3, -0.25) is 0 Å². The van der Waals surface area contributed by atoms with Crippen LogP contribution in [0.3, 0.4) is 0 Å². The summed E-state index contributed by atoms with van der Waals surface area (Å²) in [7, 11) is 14.1. The minimum absolute atomic E-state index is 1.17. The molecule has 286 valence electrons. The van der Waals surface area contributed by atoms with Crippen LogP contribution in [0.1, 0.15) is 0 Å². The molecule has 0 N–H and O–H groups in total. The second-order valence-electron chi connectivity index (χ2n) is 17.0. The Balaban J connectivity index is 1.21. The highest BCUT2D eigenvalue weighted by atomic mass is 15.0. The second kappa shape index (κ2) is 14.9. The van der Waals surface area contributed by atoms with E-state index in [2.05, 4.69) is 238 Å². The van der Waals surface area contributed by atoms with Gasteiger partial charge in [0.05, 0.1) is 11.0 Å². The number of hydrogen-bond donors (Lipinski definition) is 0. The Morgan fingerprint density at radius 3 is 1.40 bits per heavy atom. The van der Waals surface area contributed by atoms with Crippen LogP contribution in [-0.4, -0.2) is 56.2 Å². The van der Waals surface area contributed by atoms with Crippen LogP contribution in [0.2, 0.25) is 0 Å². The summed E-state index contributed by atoms with van der Waals surface area (Å²) in [6.45, 7) is 0. The summed E-state index contributed by atoms with van der Waals surface area (Å²) in [5.41, 5.74) is 25.3. The highest BCUT2D eigenvalue weighted by Crippen LogP contribution is 2.40. The lowest BCUT2D eigenvalue weighted by Crippen LogP contribution is -2.41. The van der Waals surface area contributed by atoms with Gasteiger partial charge in [-0.05, 0) is 87.0 Å². The summed E-state index contributed by atoms with van der Waals surface area (Å²) in [6, 6.07) is 66.3. The van der Waals surface area contributed by atoms with Crippen LogP contribution in [0.4, 0.5) is 0 Å². The molecule has 0 amide bonds. The Kier molecular flexibility index (Phi) is 9.09. The Labute approximate surface area is 368 Å². The lowest BCUT2D eigenvalue weighted by molar-refractivity contribution is 1.19. The number of fused-ring (bicyclic) bond motifs is 6. The van der Waals surface area contributed by atoms with Crippen molar-refractivity contribution in [3.63, 3.8) is 0 Å². The SMILES string of the molecule is Bc1c(-c2c(B)c(B)c3c(c2B)c2c(-c4cccc(-c5ccccc5)c4)cccc2n3-c2ccccc2)c(B)c2c3ccccc3n(-c3ccc(-c4ccccc4)cc3)c2c1B. The van der Waals surface area contributed by atoms with Crippen molar-refractivity contribution in [1.29, 1.82) is 0 Å². The normalized spacial score (nSPS) is 11.6. The molecule has 0 aliphatic heterocycles. The minimum atomic E-state index is 1.17. The first-order valence-electron chi connectivity index (χ1n) is 21.8. The van der Waals surface area contributed by atoms with Gasteiger partial charge in [0.15, 0.2) is 0 Å². The van der Waals surface area contributed by atoms with E-state index in [-0.39, 0.29) is 0 Å². The molecule has 0 radical (unpaired) electrons. The number of benzene rings is 9. The zero-order chi connectivity index (χ0) is 42.2. The molecule has 2 heterocycles. The zero-order valence-electron chi connectivity index (χ0n) is 36.2. The molecular weight excluding hydrogens is 741 g/mol. The lowest BCUT2D eigenvalue weighted by atomic mass is 9.63. The Hall–Kier alpha value is -7.03. The van der Waals surface area contributed by atoms with E-state index in [0.29, 0.717) is 0 Å². The number of para-hydroxylation sites is 2. The van der Waals surface area contributed by atoms with Gasteiger partial charge in [-0.2, -0.15) is 0 Å². The molecule has 0 fully saturated rings. The Morgan fingerprint density at radius 1 is 0.290 bits per heavy atom. The van der Waals surface area contributed by atoms with Gasteiger partial charge in [0, 0.05) is 44.0 Å². The lowest BCUT2D eigenvalue weighted by Gasteiger charge is -2.24. The molecule has 62 heavy (non-hydrogen) atoms. The van der Waals surface area contributed by atoms with E-state index in [1.54, 1.807) is 0 Å². The van der Waals surface area contributed by atoms with Crippen molar-refractivity contribution in [2.45, 2.75) is 0 Å². The molecule has 0 saturated heterocycles. The molecule has 0 atom stereocenters. The molecule has 2 aromatic heterocycles. The van der Waals surface area contributed by atoms with Crippen LogP contribution in [-0.2, 0) is 0 Å².